The Hall–Kier alpha value is -2.00. The number of benzene rings is 1. The third kappa shape index (κ3) is 1.50. The SMILES string of the molecule is CC1CC2(OC2c2ccncc2)C(=O)c2ccccc21. The Morgan fingerprint density at radius 1 is 1.20 bits per heavy atom. The summed E-state index contributed by atoms with van der Waals surface area (Å²) in [4.78, 5) is 16.8. The van der Waals surface area contributed by atoms with Gasteiger partial charge in [0.15, 0.2) is 11.4 Å². The Labute approximate surface area is 117 Å². The van der Waals surface area contributed by atoms with E-state index in [1.807, 2.05) is 30.3 Å². The second-order valence-electron chi connectivity index (χ2n) is 5.69. The summed E-state index contributed by atoms with van der Waals surface area (Å²) in [5.74, 6) is 0.476. The van der Waals surface area contributed by atoms with Gasteiger partial charge in [-0.3, -0.25) is 9.78 Å². The number of hydrogen-bond donors (Lipinski definition) is 0. The average molecular weight is 265 g/mol. The number of epoxide rings is 1. The molecule has 2 aromatic rings. The summed E-state index contributed by atoms with van der Waals surface area (Å²) in [7, 11) is 0. The molecule has 2 aliphatic rings. The predicted octanol–water partition coefficient (Wildman–Crippen LogP) is 3.28. The first kappa shape index (κ1) is 11.8. The van der Waals surface area contributed by atoms with E-state index in [1.165, 1.54) is 0 Å². The van der Waals surface area contributed by atoms with Gasteiger partial charge in [0.2, 0.25) is 0 Å². The highest BCUT2D eigenvalue weighted by molar-refractivity contribution is 6.07. The molecule has 0 saturated carbocycles. The molecule has 0 N–H and O–H groups in total. The van der Waals surface area contributed by atoms with Crippen molar-refractivity contribution < 1.29 is 9.53 Å². The van der Waals surface area contributed by atoms with Crippen LogP contribution in [0.1, 0.15) is 46.9 Å². The van der Waals surface area contributed by atoms with Crippen molar-refractivity contribution in [3.05, 3.63) is 65.5 Å². The van der Waals surface area contributed by atoms with Gasteiger partial charge in [0.05, 0.1) is 0 Å². The van der Waals surface area contributed by atoms with E-state index < -0.39 is 5.60 Å². The van der Waals surface area contributed by atoms with Crippen molar-refractivity contribution in [2.24, 2.45) is 0 Å². The quantitative estimate of drug-likeness (QED) is 0.743. The average Bonchev–Trinajstić information content (AvgIpc) is 3.21. The van der Waals surface area contributed by atoms with E-state index in [0.717, 1.165) is 23.1 Å². The van der Waals surface area contributed by atoms with Crippen molar-refractivity contribution in [1.82, 2.24) is 4.98 Å². The summed E-state index contributed by atoms with van der Waals surface area (Å²) < 4.78 is 5.89. The minimum Gasteiger partial charge on any atom is -0.352 e. The van der Waals surface area contributed by atoms with Crippen LogP contribution in [-0.4, -0.2) is 16.4 Å². The number of ketones is 1. The minimum absolute atomic E-state index is 0.117. The Bertz CT molecular complexity index is 682. The number of nitrogens with zero attached hydrogens (tertiary/aromatic N) is 1. The van der Waals surface area contributed by atoms with Crippen LogP contribution in [0.15, 0.2) is 48.8 Å². The standard InChI is InChI=1S/C17H15NO2/c1-11-10-17(15(19)14-5-3-2-4-13(11)14)16(20-17)12-6-8-18-9-7-12/h2-9,11,16H,10H2,1H3. The van der Waals surface area contributed by atoms with Gasteiger partial charge in [-0.05, 0) is 35.6 Å². The molecule has 1 fully saturated rings. The van der Waals surface area contributed by atoms with Crippen LogP contribution in [0.2, 0.25) is 0 Å². The molecular formula is C17H15NO2. The van der Waals surface area contributed by atoms with Crippen molar-refractivity contribution >= 4 is 5.78 Å². The van der Waals surface area contributed by atoms with Crippen LogP contribution >= 0.6 is 0 Å². The van der Waals surface area contributed by atoms with Crippen molar-refractivity contribution in [2.75, 3.05) is 0 Å². The molecule has 3 atom stereocenters. The number of pyridine rings is 1. The Morgan fingerprint density at radius 3 is 2.75 bits per heavy atom. The van der Waals surface area contributed by atoms with Crippen molar-refractivity contribution in [2.45, 2.75) is 31.0 Å². The van der Waals surface area contributed by atoms with Gasteiger partial charge in [-0.1, -0.05) is 31.2 Å². The number of fused-ring (bicyclic) bond motifs is 1. The Balaban J connectivity index is 1.75. The van der Waals surface area contributed by atoms with Crippen LogP contribution < -0.4 is 0 Å². The van der Waals surface area contributed by atoms with E-state index in [4.69, 9.17) is 4.74 Å². The van der Waals surface area contributed by atoms with Gasteiger partial charge in [0.25, 0.3) is 0 Å². The van der Waals surface area contributed by atoms with Crippen LogP contribution in [0.4, 0.5) is 0 Å². The van der Waals surface area contributed by atoms with Crippen molar-refractivity contribution in [1.29, 1.82) is 0 Å². The van der Waals surface area contributed by atoms with Gasteiger partial charge in [-0.25, -0.2) is 0 Å². The lowest BCUT2D eigenvalue weighted by atomic mass is 9.74. The van der Waals surface area contributed by atoms with E-state index in [0.29, 0.717) is 5.92 Å². The van der Waals surface area contributed by atoms with E-state index >= 15 is 0 Å². The fourth-order valence-corrected chi connectivity index (χ4v) is 3.40. The molecule has 0 amide bonds. The largest absolute Gasteiger partial charge is 0.352 e. The van der Waals surface area contributed by atoms with Gasteiger partial charge in [-0.15, -0.1) is 0 Å². The zero-order valence-corrected chi connectivity index (χ0v) is 11.2. The number of rotatable bonds is 1. The van der Waals surface area contributed by atoms with Gasteiger partial charge in [0, 0.05) is 18.0 Å². The van der Waals surface area contributed by atoms with Gasteiger partial charge in [0.1, 0.15) is 6.10 Å². The topological polar surface area (TPSA) is 42.5 Å². The fraction of sp³-hybridized carbons (Fsp3) is 0.294. The number of carbonyl (C=O) groups excluding carboxylic acids is 1. The highest BCUT2D eigenvalue weighted by Crippen LogP contribution is 2.58. The van der Waals surface area contributed by atoms with E-state index in [9.17, 15) is 4.79 Å². The number of hydrogen-bond acceptors (Lipinski definition) is 3. The summed E-state index contributed by atoms with van der Waals surface area (Å²) in [5.41, 5.74) is 2.37. The monoisotopic (exact) mass is 265 g/mol. The molecule has 3 nitrogen and oxygen atoms in total. The highest BCUT2D eigenvalue weighted by atomic mass is 16.6. The van der Waals surface area contributed by atoms with Crippen molar-refractivity contribution in [3.63, 3.8) is 0 Å². The molecule has 1 spiro atoms. The molecule has 20 heavy (non-hydrogen) atoms. The highest BCUT2D eigenvalue weighted by Gasteiger charge is 2.65. The first-order valence-electron chi connectivity index (χ1n) is 6.94. The molecule has 3 heteroatoms. The number of Topliss-reactive ketones (excluding diaryl/α,β-unsaturated/α-hetero) is 1. The number of carbonyl (C=O) groups is 1. The minimum atomic E-state index is -0.644. The maximum Gasteiger partial charge on any atom is 0.198 e. The lowest BCUT2D eigenvalue weighted by molar-refractivity contribution is 0.0839. The molecule has 3 unspecified atom stereocenters. The van der Waals surface area contributed by atoms with Gasteiger partial charge >= 0.3 is 0 Å². The van der Waals surface area contributed by atoms with Crippen LogP contribution in [0.25, 0.3) is 0 Å². The Morgan fingerprint density at radius 2 is 1.95 bits per heavy atom. The molecule has 4 rings (SSSR count). The molecule has 1 aromatic heterocycles. The van der Waals surface area contributed by atoms with E-state index in [1.54, 1.807) is 12.4 Å². The molecular weight excluding hydrogens is 250 g/mol. The first-order valence-corrected chi connectivity index (χ1v) is 6.94. The molecule has 0 radical (unpaired) electrons. The van der Waals surface area contributed by atoms with Gasteiger partial charge in [-0.2, -0.15) is 0 Å². The third-order valence-electron chi connectivity index (χ3n) is 4.43. The van der Waals surface area contributed by atoms with Crippen LogP contribution in [0.5, 0.6) is 0 Å². The van der Waals surface area contributed by atoms with E-state index in [-0.39, 0.29) is 11.9 Å². The normalized spacial score (nSPS) is 31.1. The maximum atomic E-state index is 12.8. The zero-order chi connectivity index (χ0) is 13.7. The molecule has 1 aromatic carbocycles. The fourth-order valence-electron chi connectivity index (χ4n) is 3.40. The summed E-state index contributed by atoms with van der Waals surface area (Å²) in [6.07, 6.45) is 4.13. The summed E-state index contributed by atoms with van der Waals surface area (Å²) in [5, 5.41) is 0. The number of ether oxygens (including phenoxy) is 1. The van der Waals surface area contributed by atoms with Gasteiger partial charge < -0.3 is 4.74 Å². The first-order chi connectivity index (χ1) is 9.72. The lowest BCUT2D eigenvalue weighted by Gasteiger charge is -2.26. The Kier molecular flexibility index (Phi) is 2.36. The molecule has 0 bridgehead atoms. The van der Waals surface area contributed by atoms with Crippen LogP contribution in [0, 0.1) is 0 Å². The smallest absolute Gasteiger partial charge is 0.198 e. The molecule has 100 valence electrons. The molecule has 2 heterocycles. The second-order valence-corrected chi connectivity index (χ2v) is 5.69. The molecule has 1 saturated heterocycles. The molecule has 1 aliphatic heterocycles. The second kappa shape index (κ2) is 4.00. The van der Waals surface area contributed by atoms with E-state index in [2.05, 4.69) is 18.0 Å². The summed E-state index contributed by atoms with van der Waals surface area (Å²) >= 11 is 0. The predicted molar refractivity (Wildman–Crippen MR) is 74.6 cm³/mol. The summed E-state index contributed by atoms with van der Waals surface area (Å²) in [6, 6.07) is 11.7. The lowest BCUT2D eigenvalue weighted by Crippen LogP contribution is -2.33. The van der Waals surface area contributed by atoms with Crippen molar-refractivity contribution in [3.8, 4) is 0 Å². The van der Waals surface area contributed by atoms with Crippen LogP contribution in [-0.2, 0) is 4.74 Å². The van der Waals surface area contributed by atoms with Crippen LogP contribution in [0.3, 0.4) is 0 Å². The maximum absolute atomic E-state index is 12.8. The third-order valence-corrected chi connectivity index (χ3v) is 4.43. The molecule has 1 aliphatic carbocycles. The zero-order valence-electron chi connectivity index (χ0n) is 11.2. The number of aromatic nitrogens is 1. The summed E-state index contributed by atoms with van der Waals surface area (Å²) in [6.45, 7) is 2.16.